The van der Waals surface area contributed by atoms with Gasteiger partial charge < -0.3 is 14.6 Å². The van der Waals surface area contributed by atoms with Crippen molar-refractivity contribution in [1.29, 1.82) is 0 Å². The van der Waals surface area contributed by atoms with Crippen LogP contribution in [0, 0.1) is 5.92 Å². The molecule has 1 amide bonds. The molecule has 0 aliphatic carbocycles. The van der Waals surface area contributed by atoms with Crippen molar-refractivity contribution in [2.24, 2.45) is 5.92 Å². The molecule has 4 heteroatoms. The van der Waals surface area contributed by atoms with E-state index in [1.165, 1.54) is 5.56 Å². The lowest BCUT2D eigenvalue weighted by Crippen LogP contribution is -2.51. The van der Waals surface area contributed by atoms with Crippen LogP contribution in [0.3, 0.4) is 0 Å². The Kier molecular flexibility index (Phi) is 3.56. The lowest BCUT2D eigenvalue weighted by Gasteiger charge is -2.38. The Labute approximate surface area is 118 Å². The molecular formula is C16H18N2O2. The van der Waals surface area contributed by atoms with Crippen molar-refractivity contribution >= 4 is 5.91 Å². The van der Waals surface area contributed by atoms with Gasteiger partial charge in [0.25, 0.3) is 5.91 Å². The van der Waals surface area contributed by atoms with Crippen LogP contribution in [0.5, 0.6) is 0 Å². The van der Waals surface area contributed by atoms with Gasteiger partial charge in [-0.3, -0.25) is 4.79 Å². The van der Waals surface area contributed by atoms with Crippen molar-refractivity contribution in [2.75, 3.05) is 19.7 Å². The molecule has 1 fully saturated rings. The Hall–Kier alpha value is -2.07. The second kappa shape index (κ2) is 5.51. The summed E-state index contributed by atoms with van der Waals surface area (Å²) in [7, 11) is 0. The zero-order valence-corrected chi connectivity index (χ0v) is 11.3. The third kappa shape index (κ3) is 2.47. The zero-order chi connectivity index (χ0) is 13.9. The summed E-state index contributed by atoms with van der Waals surface area (Å²) in [5, 5.41) is 9.02. The molecule has 1 aromatic heterocycles. The van der Waals surface area contributed by atoms with Gasteiger partial charge in [0.05, 0.1) is 0 Å². The Balaban J connectivity index is 1.72. The van der Waals surface area contributed by atoms with Gasteiger partial charge in [-0.25, -0.2) is 0 Å². The number of nitrogens with zero attached hydrogens (tertiary/aromatic N) is 2. The first kappa shape index (κ1) is 12.9. The van der Waals surface area contributed by atoms with E-state index in [0.29, 0.717) is 25.3 Å². The van der Waals surface area contributed by atoms with E-state index in [1.807, 2.05) is 41.1 Å². The predicted octanol–water partition coefficient (Wildman–Crippen LogP) is 1.60. The highest BCUT2D eigenvalue weighted by atomic mass is 16.3. The number of hydrogen-bond acceptors (Lipinski definition) is 2. The van der Waals surface area contributed by atoms with Gasteiger partial charge in [-0.05, 0) is 17.7 Å². The first-order chi connectivity index (χ1) is 9.78. The summed E-state index contributed by atoms with van der Waals surface area (Å²) in [5.41, 5.74) is 1.89. The number of carbonyl (C=O) groups is 1. The van der Waals surface area contributed by atoms with E-state index in [-0.39, 0.29) is 18.4 Å². The van der Waals surface area contributed by atoms with Gasteiger partial charge in [0.1, 0.15) is 5.69 Å². The van der Waals surface area contributed by atoms with Crippen LogP contribution in [0.2, 0.25) is 0 Å². The number of carbonyl (C=O) groups excluding carboxylic acids is 1. The van der Waals surface area contributed by atoms with Crippen molar-refractivity contribution in [3.8, 4) is 0 Å². The van der Waals surface area contributed by atoms with Crippen molar-refractivity contribution < 1.29 is 9.90 Å². The van der Waals surface area contributed by atoms with Gasteiger partial charge >= 0.3 is 0 Å². The number of rotatable bonds is 4. The topological polar surface area (TPSA) is 45.5 Å². The van der Waals surface area contributed by atoms with Crippen molar-refractivity contribution in [3.63, 3.8) is 0 Å². The minimum absolute atomic E-state index is 0.0515. The maximum atomic E-state index is 12.4. The number of aromatic nitrogens is 1. The summed E-state index contributed by atoms with van der Waals surface area (Å²) < 4.78 is 1.98. The molecule has 0 bridgehead atoms. The zero-order valence-electron chi connectivity index (χ0n) is 11.3. The molecule has 20 heavy (non-hydrogen) atoms. The predicted molar refractivity (Wildman–Crippen MR) is 76.5 cm³/mol. The molecule has 1 aliphatic heterocycles. The number of aliphatic hydroxyl groups excluding tert-OH is 1. The smallest absolute Gasteiger partial charge is 0.270 e. The molecule has 0 spiro atoms. The molecule has 104 valence electrons. The first-order valence-electron chi connectivity index (χ1n) is 6.87. The van der Waals surface area contributed by atoms with E-state index in [2.05, 4.69) is 12.1 Å². The molecular weight excluding hydrogens is 252 g/mol. The molecule has 3 rings (SSSR count). The second-order valence-electron chi connectivity index (χ2n) is 5.27. The third-order valence-corrected chi connectivity index (χ3v) is 3.75. The van der Waals surface area contributed by atoms with E-state index in [4.69, 9.17) is 5.11 Å². The SMILES string of the molecule is O=C(c1cccn1Cc1ccccc1)N1CC(CO)C1. The minimum Gasteiger partial charge on any atom is -0.396 e. The van der Waals surface area contributed by atoms with Gasteiger partial charge in [0.15, 0.2) is 0 Å². The molecule has 1 N–H and O–H groups in total. The van der Waals surface area contributed by atoms with Crippen molar-refractivity contribution in [2.45, 2.75) is 6.54 Å². The summed E-state index contributed by atoms with van der Waals surface area (Å²) in [6, 6.07) is 13.9. The summed E-state index contributed by atoms with van der Waals surface area (Å²) >= 11 is 0. The quantitative estimate of drug-likeness (QED) is 0.917. The maximum absolute atomic E-state index is 12.4. The number of likely N-dealkylation sites (tertiary alicyclic amines) is 1. The normalized spacial score (nSPS) is 15.2. The summed E-state index contributed by atoms with van der Waals surface area (Å²) in [6.45, 7) is 2.18. The summed E-state index contributed by atoms with van der Waals surface area (Å²) in [5.74, 6) is 0.298. The van der Waals surface area contributed by atoms with Crippen LogP contribution in [0.1, 0.15) is 16.1 Å². The van der Waals surface area contributed by atoms with Crippen LogP contribution < -0.4 is 0 Å². The molecule has 1 aromatic carbocycles. The van der Waals surface area contributed by atoms with Crippen LogP contribution >= 0.6 is 0 Å². The third-order valence-electron chi connectivity index (χ3n) is 3.75. The average Bonchev–Trinajstić information content (AvgIpc) is 2.86. The minimum atomic E-state index is 0.0515. The Morgan fingerprint density at radius 1 is 1.15 bits per heavy atom. The highest BCUT2D eigenvalue weighted by Crippen LogP contribution is 2.19. The molecule has 1 aliphatic rings. The molecule has 4 nitrogen and oxygen atoms in total. The largest absolute Gasteiger partial charge is 0.396 e. The molecule has 0 unspecified atom stereocenters. The second-order valence-corrected chi connectivity index (χ2v) is 5.27. The lowest BCUT2D eigenvalue weighted by atomic mass is 10.0. The van der Waals surface area contributed by atoms with E-state index in [1.54, 1.807) is 4.90 Å². The molecule has 0 atom stereocenters. The highest BCUT2D eigenvalue weighted by Gasteiger charge is 2.31. The molecule has 1 saturated heterocycles. The first-order valence-corrected chi connectivity index (χ1v) is 6.87. The van der Waals surface area contributed by atoms with Crippen LogP contribution in [0.4, 0.5) is 0 Å². The van der Waals surface area contributed by atoms with Gasteiger partial charge in [0.2, 0.25) is 0 Å². The van der Waals surface area contributed by atoms with Gasteiger partial charge in [0, 0.05) is 38.4 Å². The van der Waals surface area contributed by atoms with Gasteiger partial charge in [-0.2, -0.15) is 0 Å². The Morgan fingerprint density at radius 2 is 1.90 bits per heavy atom. The summed E-state index contributed by atoms with van der Waals surface area (Å²) in [4.78, 5) is 14.2. The molecule has 2 heterocycles. The van der Waals surface area contributed by atoms with E-state index in [0.717, 1.165) is 0 Å². The molecule has 0 saturated carbocycles. The van der Waals surface area contributed by atoms with E-state index < -0.39 is 0 Å². The van der Waals surface area contributed by atoms with E-state index in [9.17, 15) is 4.79 Å². The Bertz CT molecular complexity index is 586. The van der Waals surface area contributed by atoms with E-state index >= 15 is 0 Å². The fraction of sp³-hybridized carbons (Fsp3) is 0.312. The van der Waals surface area contributed by atoms with Crippen LogP contribution in [0.25, 0.3) is 0 Å². The fourth-order valence-electron chi connectivity index (χ4n) is 2.54. The number of benzene rings is 1. The standard InChI is InChI=1S/C16H18N2O2/c19-12-14-10-18(11-14)16(20)15-7-4-8-17(15)9-13-5-2-1-3-6-13/h1-8,14,19H,9-12H2. The number of amides is 1. The van der Waals surface area contributed by atoms with Crippen LogP contribution in [-0.4, -0.2) is 40.2 Å². The van der Waals surface area contributed by atoms with Crippen LogP contribution in [0.15, 0.2) is 48.7 Å². The number of aliphatic hydroxyl groups is 1. The number of hydrogen-bond donors (Lipinski definition) is 1. The fourth-order valence-corrected chi connectivity index (χ4v) is 2.54. The van der Waals surface area contributed by atoms with Crippen molar-refractivity contribution in [1.82, 2.24) is 9.47 Å². The van der Waals surface area contributed by atoms with Crippen molar-refractivity contribution in [3.05, 3.63) is 59.9 Å². The molecule has 2 aromatic rings. The monoisotopic (exact) mass is 270 g/mol. The van der Waals surface area contributed by atoms with Crippen LogP contribution in [-0.2, 0) is 6.54 Å². The maximum Gasteiger partial charge on any atom is 0.270 e. The van der Waals surface area contributed by atoms with Gasteiger partial charge in [-0.1, -0.05) is 30.3 Å². The lowest BCUT2D eigenvalue weighted by molar-refractivity contribution is 0.0353. The Morgan fingerprint density at radius 3 is 2.60 bits per heavy atom. The highest BCUT2D eigenvalue weighted by molar-refractivity contribution is 5.93. The van der Waals surface area contributed by atoms with Gasteiger partial charge in [-0.15, -0.1) is 0 Å². The molecule has 0 radical (unpaired) electrons. The average molecular weight is 270 g/mol. The summed E-state index contributed by atoms with van der Waals surface area (Å²) in [6.07, 6.45) is 1.93.